The molecule has 0 fully saturated rings. The largest absolute Gasteiger partial charge is 0.497 e. The van der Waals surface area contributed by atoms with Gasteiger partial charge in [-0.25, -0.2) is 4.79 Å². The number of aliphatic imine (C=N–C) groups is 1. The number of methoxy groups -OCH3 is 2. The molecule has 1 aromatic carbocycles. The van der Waals surface area contributed by atoms with E-state index >= 15 is 0 Å². The van der Waals surface area contributed by atoms with Gasteiger partial charge in [-0.3, -0.25) is 9.79 Å². The number of hydrogen-bond acceptors (Lipinski definition) is 5. The van der Waals surface area contributed by atoms with Crippen molar-refractivity contribution in [2.24, 2.45) is 10.9 Å². The molecule has 1 unspecified atom stereocenters. The van der Waals surface area contributed by atoms with Crippen LogP contribution in [0.15, 0.2) is 23.2 Å². The highest BCUT2D eigenvalue weighted by Crippen LogP contribution is 2.28. The number of carbonyl (C=O) groups is 2. The number of amidine groups is 1. The number of benzene rings is 1. The third kappa shape index (κ3) is 2.56. The first kappa shape index (κ1) is 16.0. The molecule has 1 aliphatic rings. The summed E-state index contributed by atoms with van der Waals surface area (Å²) in [7, 11) is 2.82. The minimum Gasteiger partial charge on any atom is -0.497 e. The van der Waals surface area contributed by atoms with E-state index in [4.69, 9.17) is 9.47 Å². The van der Waals surface area contributed by atoms with Crippen LogP contribution in [0.2, 0.25) is 0 Å². The molecule has 1 aliphatic heterocycles. The van der Waals surface area contributed by atoms with Gasteiger partial charge in [-0.1, -0.05) is 13.8 Å². The maximum Gasteiger partial charge on any atom is 0.338 e. The van der Waals surface area contributed by atoms with E-state index in [1.807, 2.05) is 13.8 Å². The van der Waals surface area contributed by atoms with Crippen molar-refractivity contribution in [1.29, 1.82) is 0 Å². The third-order valence-corrected chi connectivity index (χ3v) is 4.05. The number of esters is 1. The number of amides is 1. The van der Waals surface area contributed by atoms with Gasteiger partial charge in [-0.05, 0) is 31.0 Å². The molecule has 6 nitrogen and oxygen atoms in total. The van der Waals surface area contributed by atoms with Gasteiger partial charge in [0, 0.05) is 5.56 Å². The van der Waals surface area contributed by atoms with E-state index < -0.39 is 11.5 Å². The van der Waals surface area contributed by atoms with Crippen LogP contribution in [-0.2, 0) is 9.53 Å². The second kappa shape index (κ2) is 5.79. The third-order valence-electron chi connectivity index (χ3n) is 4.05. The number of carbonyl (C=O) groups excluding carboxylic acids is 2. The average molecular weight is 304 g/mol. The van der Waals surface area contributed by atoms with Gasteiger partial charge in [-0.15, -0.1) is 0 Å². The molecule has 1 aromatic rings. The Morgan fingerprint density at radius 1 is 1.32 bits per heavy atom. The van der Waals surface area contributed by atoms with E-state index in [1.54, 1.807) is 25.1 Å². The highest BCUT2D eigenvalue weighted by atomic mass is 16.5. The smallest absolute Gasteiger partial charge is 0.338 e. The summed E-state index contributed by atoms with van der Waals surface area (Å²) in [6, 6.07) is 4.97. The lowest BCUT2D eigenvalue weighted by atomic mass is 9.89. The van der Waals surface area contributed by atoms with Gasteiger partial charge in [0.05, 0.1) is 19.8 Å². The summed E-state index contributed by atoms with van der Waals surface area (Å²) >= 11 is 0. The van der Waals surface area contributed by atoms with Gasteiger partial charge < -0.3 is 14.8 Å². The van der Waals surface area contributed by atoms with Crippen LogP contribution in [0.1, 0.15) is 36.7 Å². The molecule has 22 heavy (non-hydrogen) atoms. The summed E-state index contributed by atoms with van der Waals surface area (Å²) in [6.45, 7) is 5.64. The Bertz CT molecular complexity index is 652. The highest BCUT2D eigenvalue weighted by Gasteiger charge is 2.42. The molecule has 1 amide bonds. The Hall–Kier alpha value is -2.37. The van der Waals surface area contributed by atoms with E-state index in [0.29, 0.717) is 22.7 Å². The summed E-state index contributed by atoms with van der Waals surface area (Å²) < 4.78 is 9.93. The maximum atomic E-state index is 12.2. The summed E-state index contributed by atoms with van der Waals surface area (Å²) in [5.74, 6) is 0.253. The van der Waals surface area contributed by atoms with E-state index in [1.165, 1.54) is 14.2 Å². The normalized spacial score (nSPS) is 20.6. The van der Waals surface area contributed by atoms with Crippen LogP contribution in [0, 0.1) is 5.92 Å². The number of ether oxygens (including phenoxy) is 2. The van der Waals surface area contributed by atoms with Crippen molar-refractivity contribution < 1.29 is 19.1 Å². The molecule has 0 aliphatic carbocycles. The zero-order valence-corrected chi connectivity index (χ0v) is 13.4. The second-order valence-electron chi connectivity index (χ2n) is 5.62. The fourth-order valence-electron chi connectivity index (χ4n) is 2.20. The SMILES string of the molecule is COC(=O)c1cc(OC)ccc1C1=NC(C)(C(C)C)C(=O)N1. The molecule has 6 heteroatoms. The number of hydrogen-bond donors (Lipinski definition) is 1. The van der Waals surface area contributed by atoms with Gasteiger partial charge in [0.25, 0.3) is 5.91 Å². The Labute approximate surface area is 129 Å². The first-order valence-corrected chi connectivity index (χ1v) is 7.01. The summed E-state index contributed by atoms with van der Waals surface area (Å²) in [5, 5.41) is 2.76. The van der Waals surface area contributed by atoms with Gasteiger partial charge in [-0.2, -0.15) is 0 Å². The van der Waals surface area contributed by atoms with Gasteiger partial charge in [0.2, 0.25) is 0 Å². The van der Waals surface area contributed by atoms with Crippen LogP contribution >= 0.6 is 0 Å². The predicted octanol–water partition coefficient (Wildman–Crippen LogP) is 1.77. The van der Waals surface area contributed by atoms with Crippen LogP contribution in [0.3, 0.4) is 0 Å². The van der Waals surface area contributed by atoms with Crippen molar-refractivity contribution >= 4 is 17.7 Å². The van der Waals surface area contributed by atoms with Crippen molar-refractivity contribution in [3.8, 4) is 5.75 Å². The van der Waals surface area contributed by atoms with Crippen LogP contribution in [0.25, 0.3) is 0 Å². The average Bonchev–Trinajstić information content (AvgIpc) is 2.82. The van der Waals surface area contributed by atoms with Crippen LogP contribution in [-0.4, -0.2) is 37.5 Å². The fourth-order valence-corrected chi connectivity index (χ4v) is 2.20. The van der Waals surface area contributed by atoms with E-state index in [-0.39, 0.29) is 11.8 Å². The minimum atomic E-state index is -0.845. The monoisotopic (exact) mass is 304 g/mol. The summed E-state index contributed by atoms with van der Waals surface area (Å²) in [5.41, 5.74) is -0.0258. The molecular weight excluding hydrogens is 284 g/mol. The maximum absolute atomic E-state index is 12.2. The van der Waals surface area contributed by atoms with Crippen LogP contribution in [0.4, 0.5) is 0 Å². The van der Waals surface area contributed by atoms with Crippen molar-refractivity contribution in [3.63, 3.8) is 0 Å². The first-order chi connectivity index (χ1) is 10.3. The lowest BCUT2D eigenvalue weighted by Gasteiger charge is -2.21. The molecular formula is C16H20N2O4. The first-order valence-electron chi connectivity index (χ1n) is 7.01. The molecule has 118 valence electrons. The Morgan fingerprint density at radius 2 is 2.00 bits per heavy atom. The molecule has 1 N–H and O–H groups in total. The van der Waals surface area contributed by atoms with Crippen LogP contribution < -0.4 is 10.1 Å². The predicted molar refractivity (Wildman–Crippen MR) is 82.3 cm³/mol. The molecule has 1 atom stereocenters. The number of rotatable bonds is 4. The molecule has 0 spiro atoms. The highest BCUT2D eigenvalue weighted by molar-refractivity contribution is 6.18. The van der Waals surface area contributed by atoms with Gasteiger partial charge in [0.15, 0.2) is 0 Å². The lowest BCUT2D eigenvalue weighted by Crippen LogP contribution is -2.41. The van der Waals surface area contributed by atoms with Gasteiger partial charge in [0.1, 0.15) is 17.1 Å². The van der Waals surface area contributed by atoms with E-state index in [0.717, 1.165) is 0 Å². The topological polar surface area (TPSA) is 77.0 Å². The van der Waals surface area contributed by atoms with E-state index in [9.17, 15) is 9.59 Å². The lowest BCUT2D eigenvalue weighted by molar-refractivity contribution is -0.124. The van der Waals surface area contributed by atoms with E-state index in [2.05, 4.69) is 10.3 Å². The van der Waals surface area contributed by atoms with Crippen molar-refractivity contribution in [2.45, 2.75) is 26.3 Å². The number of nitrogens with one attached hydrogen (secondary N) is 1. The minimum absolute atomic E-state index is 0.0322. The fraction of sp³-hybridized carbons (Fsp3) is 0.438. The zero-order valence-electron chi connectivity index (χ0n) is 13.4. The van der Waals surface area contributed by atoms with Crippen molar-refractivity contribution in [1.82, 2.24) is 5.32 Å². The summed E-state index contributed by atoms with van der Waals surface area (Å²) in [4.78, 5) is 28.7. The molecule has 1 heterocycles. The molecule has 2 rings (SSSR count). The zero-order chi connectivity index (χ0) is 16.5. The summed E-state index contributed by atoms with van der Waals surface area (Å²) in [6.07, 6.45) is 0. The molecule has 0 aromatic heterocycles. The standard InChI is InChI=1S/C16H20N2O4/c1-9(2)16(3)15(20)17-13(18-16)11-7-6-10(21-4)8-12(11)14(19)22-5/h6-9H,1-5H3,(H,17,18,20). The quantitative estimate of drug-likeness (QED) is 0.860. The molecule has 0 radical (unpaired) electrons. The number of nitrogens with zero attached hydrogens (tertiary/aromatic N) is 1. The second-order valence-corrected chi connectivity index (χ2v) is 5.62. The Balaban J connectivity index is 2.54. The van der Waals surface area contributed by atoms with Gasteiger partial charge >= 0.3 is 5.97 Å². The van der Waals surface area contributed by atoms with Crippen molar-refractivity contribution in [3.05, 3.63) is 29.3 Å². The van der Waals surface area contributed by atoms with Crippen LogP contribution in [0.5, 0.6) is 5.75 Å². The molecule has 0 bridgehead atoms. The Morgan fingerprint density at radius 3 is 2.50 bits per heavy atom. The Kier molecular flexibility index (Phi) is 4.21. The van der Waals surface area contributed by atoms with Crippen molar-refractivity contribution in [2.75, 3.05) is 14.2 Å². The molecule has 0 saturated carbocycles. The molecule has 0 saturated heterocycles.